The normalized spacial score (nSPS) is 13.1. The number of nitrogens with one attached hydrogen (secondary N) is 2. The van der Waals surface area contributed by atoms with E-state index < -0.39 is 15.9 Å². The highest BCUT2D eigenvalue weighted by atomic mass is 32.2. The van der Waals surface area contributed by atoms with Crippen LogP contribution in [0.4, 0.5) is 0 Å². The van der Waals surface area contributed by atoms with Crippen LogP contribution >= 0.6 is 0 Å². The smallest absolute Gasteiger partial charge is 0.265 e. The fourth-order valence-corrected chi connectivity index (χ4v) is 2.68. The fourth-order valence-electron chi connectivity index (χ4n) is 1.30. The largest absolute Gasteiger partial charge is 0.290 e. The Morgan fingerprint density at radius 1 is 1.44 bits per heavy atom. The van der Waals surface area contributed by atoms with Gasteiger partial charge < -0.3 is 0 Å². The fraction of sp³-hybridized carbons (Fsp3) is 0.364. The minimum atomic E-state index is -3.61. The van der Waals surface area contributed by atoms with E-state index in [9.17, 15) is 13.2 Å². The molecule has 100 valence electrons. The number of sulfonamides is 1. The Labute approximate surface area is 107 Å². The van der Waals surface area contributed by atoms with E-state index in [0.29, 0.717) is 6.42 Å². The topological polar surface area (TPSA) is 101 Å². The number of hydrogen-bond donors (Lipinski definition) is 3. The molecular formula is C11H17N3O3S. The summed E-state index contributed by atoms with van der Waals surface area (Å²) >= 11 is 0. The molecule has 1 rings (SSSR count). The molecule has 0 fully saturated rings. The third kappa shape index (κ3) is 3.52. The van der Waals surface area contributed by atoms with Gasteiger partial charge in [0, 0.05) is 11.6 Å². The number of rotatable bonds is 5. The lowest BCUT2D eigenvalue weighted by Crippen LogP contribution is -2.33. The molecule has 0 heterocycles. The van der Waals surface area contributed by atoms with Crippen LogP contribution in [0.25, 0.3) is 0 Å². The Hall–Kier alpha value is -1.44. The zero-order valence-electron chi connectivity index (χ0n) is 10.3. The van der Waals surface area contributed by atoms with E-state index >= 15 is 0 Å². The van der Waals surface area contributed by atoms with Crippen LogP contribution in [-0.4, -0.2) is 20.4 Å². The van der Waals surface area contributed by atoms with E-state index in [1.54, 1.807) is 6.92 Å². The van der Waals surface area contributed by atoms with E-state index in [1.165, 1.54) is 24.3 Å². The van der Waals surface area contributed by atoms with Crippen molar-refractivity contribution in [1.29, 1.82) is 0 Å². The van der Waals surface area contributed by atoms with Crippen molar-refractivity contribution in [3.63, 3.8) is 0 Å². The highest BCUT2D eigenvalue weighted by molar-refractivity contribution is 7.89. The molecule has 0 saturated carbocycles. The lowest BCUT2D eigenvalue weighted by atomic mass is 10.2. The molecule has 0 aromatic heterocycles. The van der Waals surface area contributed by atoms with E-state index in [4.69, 9.17) is 5.84 Å². The van der Waals surface area contributed by atoms with Crippen molar-refractivity contribution in [2.24, 2.45) is 5.84 Å². The lowest BCUT2D eigenvalue weighted by molar-refractivity contribution is 0.0953. The zero-order valence-corrected chi connectivity index (χ0v) is 11.1. The van der Waals surface area contributed by atoms with Crippen molar-refractivity contribution in [1.82, 2.24) is 10.1 Å². The summed E-state index contributed by atoms with van der Waals surface area (Å²) in [6.45, 7) is 3.65. The average Bonchev–Trinajstić information content (AvgIpc) is 2.37. The lowest BCUT2D eigenvalue weighted by Gasteiger charge is -2.12. The minimum absolute atomic E-state index is 0.0453. The second-order valence-electron chi connectivity index (χ2n) is 3.93. The summed E-state index contributed by atoms with van der Waals surface area (Å²) in [5.41, 5.74) is 2.16. The third-order valence-electron chi connectivity index (χ3n) is 2.51. The van der Waals surface area contributed by atoms with Gasteiger partial charge in [-0.2, -0.15) is 0 Å². The molecule has 0 radical (unpaired) electrons. The summed E-state index contributed by atoms with van der Waals surface area (Å²) in [7, 11) is -3.61. The summed E-state index contributed by atoms with van der Waals surface area (Å²) in [4.78, 5) is 11.4. The predicted octanol–water partition coefficient (Wildman–Crippen LogP) is 0.367. The molecule has 1 atom stereocenters. The van der Waals surface area contributed by atoms with Crippen LogP contribution in [0.5, 0.6) is 0 Å². The maximum Gasteiger partial charge on any atom is 0.265 e. The molecule has 7 heteroatoms. The molecule has 0 aliphatic carbocycles. The van der Waals surface area contributed by atoms with Crippen LogP contribution in [0.3, 0.4) is 0 Å². The number of nitrogens with two attached hydrogens (primary N) is 1. The van der Waals surface area contributed by atoms with Crippen molar-refractivity contribution < 1.29 is 13.2 Å². The molecule has 0 spiro atoms. The van der Waals surface area contributed by atoms with Crippen LogP contribution in [0.1, 0.15) is 30.6 Å². The molecule has 1 amide bonds. The van der Waals surface area contributed by atoms with Crippen LogP contribution in [0.2, 0.25) is 0 Å². The predicted molar refractivity (Wildman–Crippen MR) is 68.2 cm³/mol. The molecule has 0 saturated heterocycles. The van der Waals surface area contributed by atoms with E-state index in [0.717, 1.165) is 0 Å². The quantitative estimate of drug-likeness (QED) is 0.409. The monoisotopic (exact) mass is 271 g/mol. The van der Waals surface area contributed by atoms with Gasteiger partial charge in [0.15, 0.2) is 0 Å². The summed E-state index contributed by atoms with van der Waals surface area (Å²) < 4.78 is 26.5. The van der Waals surface area contributed by atoms with Crippen molar-refractivity contribution in [2.45, 2.75) is 31.2 Å². The number of hydrogen-bond acceptors (Lipinski definition) is 4. The number of benzene rings is 1. The highest BCUT2D eigenvalue weighted by Crippen LogP contribution is 2.12. The van der Waals surface area contributed by atoms with Gasteiger partial charge in [0.25, 0.3) is 5.91 Å². The Morgan fingerprint density at radius 2 is 2.11 bits per heavy atom. The van der Waals surface area contributed by atoms with Crippen LogP contribution < -0.4 is 16.0 Å². The van der Waals surface area contributed by atoms with Gasteiger partial charge in [-0.25, -0.2) is 19.0 Å². The molecule has 1 aromatic carbocycles. The first kappa shape index (κ1) is 14.6. The van der Waals surface area contributed by atoms with Crippen molar-refractivity contribution in [3.8, 4) is 0 Å². The molecule has 1 aromatic rings. The number of amides is 1. The third-order valence-corrected chi connectivity index (χ3v) is 4.09. The summed E-state index contributed by atoms with van der Waals surface area (Å²) in [6.07, 6.45) is 0.683. The van der Waals surface area contributed by atoms with Crippen LogP contribution in [0.15, 0.2) is 29.2 Å². The molecule has 1 unspecified atom stereocenters. The second kappa shape index (κ2) is 5.94. The number of carbonyl (C=O) groups excluding carboxylic acids is 1. The maximum atomic E-state index is 12.0. The Kier molecular flexibility index (Phi) is 4.83. The number of nitrogen functional groups attached to an aromatic ring is 1. The Balaban J connectivity index is 3.06. The molecule has 18 heavy (non-hydrogen) atoms. The van der Waals surface area contributed by atoms with Crippen LogP contribution in [0, 0.1) is 0 Å². The Morgan fingerprint density at radius 3 is 2.67 bits per heavy atom. The molecule has 0 aliphatic heterocycles. The second-order valence-corrected chi connectivity index (χ2v) is 5.65. The van der Waals surface area contributed by atoms with Gasteiger partial charge in [-0.05, 0) is 31.5 Å². The summed E-state index contributed by atoms with van der Waals surface area (Å²) in [5, 5.41) is 0. The van der Waals surface area contributed by atoms with Crippen molar-refractivity contribution in [3.05, 3.63) is 29.8 Å². The SMILES string of the molecule is CCC(C)NS(=O)(=O)c1cccc(C(=O)NN)c1. The van der Waals surface area contributed by atoms with Gasteiger partial charge in [0.2, 0.25) is 10.0 Å². The van der Waals surface area contributed by atoms with Gasteiger partial charge in [-0.15, -0.1) is 0 Å². The summed E-state index contributed by atoms with van der Waals surface area (Å²) in [6, 6.07) is 5.53. The van der Waals surface area contributed by atoms with Gasteiger partial charge in [-0.3, -0.25) is 10.2 Å². The summed E-state index contributed by atoms with van der Waals surface area (Å²) in [5.74, 6) is 4.47. The van der Waals surface area contributed by atoms with Gasteiger partial charge in [0.1, 0.15) is 0 Å². The van der Waals surface area contributed by atoms with Gasteiger partial charge >= 0.3 is 0 Å². The highest BCUT2D eigenvalue weighted by Gasteiger charge is 2.17. The maximum absolute atomic E-state index is 12.0. The first-order valence-electron chi connectivity index (χ1n) is 5.54. The molecule has 0 aliphatic rings. The Bertz CT molecular complexity index is 528. The first-order valence-corrected chi connectivity index (χ1v) is 7.02. The van der Waals surface area contributed by atoms with Gasteiger partial charge in [-0.1, -0.05) is 13.0 Å². The van der Waals surface area contributed by atoms with Crippen molar-refractivity contribution >= 4 is 15.9 Å². The molecule has 6 nitrogen and oxygen atoms in total. The minimum Gasteiger partial charge on any atom is -0.290 e. The molecular weight excluding hydrogens is 254 g/mol. The van der Waals surface area contributed by atoms with E-state index in [2.05, 4.69) is 4.72 Å². The molecule has 0 bridgehead atoms. The van der Waals surface area contributed by atoms with E-state index in [1.807, 2.05) is 12.3 Å². The van der Waals surface area contributed by atoms with Crippen molar-refractivity contribution in [2.75, 3.05) is 0 Å². The number of carbonyl (C=O) groups is 1. The molecule has 4 N–H and O–H groups in total. The zero-order chi connectivity index (χ0) is 13.8. The van der Waals surface area contributed by atoms with Gasteiger partial charge in [0.05, 0.1) is 4.90 Å². The van der Waals surface area contributed by atoms with E-state index in [-0.39, 0.29) is 16.5 Å². The number of hydrazine groups is 1. The average molecular weight is 271 g/mol. The first-order chi connectivity index (χ1) is 8.40. The van der Waals surface area contributed by atoms with Crippen LogP contribution in [-0.2, 0) is 10.0 Å². The standard InChI is InChI=1S/C11H17N3O3S/c1-3-8(2)14-18(16,17)10-6-4-5-9(7-10)11(15)13-12/h4-8,14H,3,12H2,1-2H3,(H,13,15).